The molecular weight excluding hydrogens is 416 g/mol. The Hall–Kier alpha value is -2.77. The van der Waals surface area contributed by atoms with Crippen LogP contribution >= 0.6 is 0 Å². The van der Waals surface area contributed by atoms with E-state index in [0.717, 1.165) is 0 Å². The van der Waals surface area contributed by atoms with Crippen LogP contribution in [0.5, 0.6) is 11.5 Å². The highest BCUT2D eigenvalue weighted by Gasteiger charge is 2.55. The SMILES string of the molecule is COc1ccc2c(c1OC)C(CC(=O)O)CC(C(=O)OC(C)(C)C)(C(=O)OC(C)(C)C)C2. The van der Waals surface area contributed by atoms with Crippen molar-refractivity contribution in [2.24, 2.45) is 5.41 Å². The molecule has 0 saturated carbocycles. The Morgan fingerprint density at radius 1 is 0.969 bits per heavy atom. The fraction of sp³-hybridized carbons (Fsp3) is 0.625. The summed E-state index contributed by atoms with van der Waals surface area (Å²) in [6.45, 7) is 10.3. The molecule has 0 heterocycles. The molecule has 0 radical (unpaired) electrons. The quantitative estimate of drug-likeness (QED) is 0.514. The normalized spacial score (nSPS) is 17.7. The van der Waals surface area contributed by atoms with E-state index in [1.165, 1.54) is 14.2 Å². The van der Waals surface area contributed by atoms with Gasteiger partial charge in [-0.25, -0.2) is 0 Å². The molecule has 0 spiro atoms. The summed E-state index contributed by atoms with van der Waals surface area (Å²) in [4.78, 5) is 38.6. The van der Waals surface area contributed by atoms with E-state index in [4.69, 9.17) is 18.9 Å². The van der Waals surface area contributed by atoms with Gasteiger partial charge in [-0.1, -0.05) is 6.07 Å². The van der Waals surface area contributed by atoms with Crippen molar-refractivity contribution in [3.8, 4) is 11.5 Å². The molecule has 0 amide bonds. The average Bonchev–Trinajstić information content (AvgIpc) is 2.63. The average molecular weight is 451 g/mol. The second-order valence-electron chi connectivity index (χ2n) is 10.1. The van der Waals surface area contributed by atoms with Crippen molar-refractivity contribution in [1.29, 1.82) is 0 Å². The molecule has 1 aromatic carbocycles. The molecule has 0 saturated heterocycles. The third-order valence-corrected chi connectivity index (χ3v) is 5.17. The number of benzene rings is 1. The van der Waals surface area contributed by atoms with Gasteiger partial charge in [0.1, 0.15) is 11.2 Å². The van der Waals surface area contributed by atoms with Crippen molar-refractivity contribution in [2.75, 3.05) is 14.2 Å². The Kier molecular flexibility index (Phi) is 7.17. The van der Waals surface area contributed by atoms with Crippen LogP contribution < -0.4 is 9.47 Å². The highest BCUT2D eigenvalue weighted by Crippen LogP contribution is 2.51. The smallest absolute Gasteiger partial charge is 0.324 e. The highest BCUT2D eigenvalue weighted by atomic mass is 16.6. The molecule has 1 atom stereocenters. The maximum absolute atomic E-state index is 13.5. The van der Waals surface area contributed by atoms with Crippen LogP contribution in [0, 0.1) is 5.41 Å². The Morgan fingerprint density at radius 2 is 1.50 bits per heavy atom. The Bertz CT molecular complexity index is 860. The van der Waals surface area contributed by atoms with Gasteiger partial charge >= 0.3 is 17.9 Å². The molecule has 1 aromatic rings. The molecule has 1 N–H and O–H groups in total. The van der Waals surface area contributed by atoms with Gasteiger partial charge in [-0.2, -0.15) is 0 Å². The minimum atomic E-state index is -1.69. The van der Waals surface area contributed by atoms with Gasteiger partial charge in [-0.3, -0.25) is 14.4 Å². The molecule has 178 valence electrons. The highest BCUT2D eigenvalue weighted by molar-refractivity contribution is 6.01. The first-order valence-electron chi connectivity index (χ1n) is 10.6. The predicted molar refractivity (Wildman–Crippen MR) is 117 cm³/mol. The molecule has 0 fully saturated rings. The molecule has 1 unspecified atom stereocenters. The van der Waals surface area contributed by atoms with Crippen molar-refractivity contribution in [3.63, 3.8) is 0 Å². The Balaban J connectivity index is 2.72. The lowest BCUT2D eigenvalue weighted by atomic mass is 9.65. The second kappa shape index (κ2) is 9.00. The summed E-state index contributed by atoms with van der Waals surface area (Å²) in [7, 11) is 2.96. The summed E-state index contributed by atoms with van der Waals surface area (Å²) in [6, 6.07) is 3.41. The number of aliphatic carboxylic acids is 1. The summed E-state index contributed by atoms with van der Waals surface area (Å²) < 4.78 is 22.2. The van der Waals surface area contributed by atoms with E-state index in [0.29, 0.717) is 22.6 Å². The lowest BCUT2D eigenvalue weighted by Gasteiger charge is -2.41. The molecule has 8 heteroatoms. The first kappa shape index (κ1) is 25.5. The third kappa shape index (κ3) is 5.53. The number of hydrogen-bond donors (Lipinski definition) is 1. The molecule has 2 rings (SSSR count). The number of carboxylic acids is 1. The van der Waals surface area contributed by atoms with E-state index in [1.807, 2.05) is 0 Å². The van der Waals surface area contributed by atoms with Gasteiger partial charge in [-0.05, 0) is 66.0 Å². The van der Waals surface area contributed by atoms with Crippen LogP contribution in [0.4, 0.5) is 0 Å². The zero-order valence-corrected chi connectivity index (χ0v) is 20.2. The minimum Gasteiger partial charge on any atom is -0.493 e. The first-order valence-corrected chi connectivity index (χ1v) is 10.6. The number of hydrogen-bond acceptors (Lipinski definition) is 7. The van der Waals surface area contributed by atoms with E-state index >= 15 is 0 Å². The molecule has 32 heavy (non-hydrogen) atoms. The fourth-order valence-electron chi connectivity index (χ4n) is 4.04. The largest absolute Gasteiger partial charge is 0.493 e. The molecule has 1 aliphatic rings. The monoisotopic (exact) mass is 450 g/mol. The maximum atomic E-state index is 13.5. The van der Waals surface area contributed by atoms with Gasteiger partial charge in [-0.15, -0.1) is 0 Å². The molecule has 0 aromatic heterocycles. The molecular formula is C24H34O8. The molecule has 1 aliphatic carbocycles. The van der Waals surface area contributed by atoms with Gasteiger partial charge in [0.2, 0.25) is 0 Å². The predicted octanol–water partition coefficient (Wildman–Crippen LogP) is 3.88. The van der Waals surface area contributed by atoms with E-state index < -0.39 is 40.4 Å². The summed E-state index contributed by atoms with van der Waals surface area (Å²) in [5.41, 5.74) is -2.12. The Labute approximate surface area is 189 Å². The van der Waals surface area contributed by atoms with Crippen LogP contribution in [-0.2, 0) is 30.3 Å². The van der Waals surface area contributed by atoms with Crippen molar-refractivity contribution < 1.29 is 38.4 Å². The lowest BCUT2D eigenvalue weighted by Crippen LogP contribution is -2.50. The standard InChI is InChI=1S/C24H34O8/c1-22(2,3)31-20(27)24(21(28)32-23(4,5)6)12-14-9-10-16(29-7)19(30-8)18(14)15(13-24)11-17(25)26/h9-10,15H,11-13H2,1-8H3,(H,25,26). The van der Waals surface area contributed by atoms with Crippen LogP contribution in [0.1, 0.15) is 71.4 Å². The number of rotatable bonds is 6. The molecule has 0 aliphatic heterocycles. The first-order chi connectivity index (χ1) is 14.6. The van der Waals surface area contributed by atoms with Gasteiger partial charge in [0.05, 0.1) is 20.6 Å². The summed E-state index contributed by atoms with van der Waals surface area (Å²) >= 11 is 0. The van der Waals surface area contributed by atoms with Gasteiger partial charge in [0.15, 0.2) is 16.9 Å². The van der Waals surface area contributed by atoms with Crippen LogP contribution in [0.2, 0.25) is 0 Å². The molecule has 0 bridgehead atoms. The van der Waals surface area contributed by atoms with Crippen molar-refractivity contribution in [2.45, 2.75) is 77.9 Å². The van der Waals surface area contributed by atoms with Crippen molar-refractivity contribution >= 4 is 17.9 Å². The number of carbonyl (C=O) groups excluding carboxylic acids is 2. The zero-order chi connectivity index (χ0) is 24.5. The number of carbonyl (C=O) groups is 3. The van der Waals surface area contributed by atoms with Crippen LogP contribution in [0.3, 0.4) is 0 Å². The maximum Gasteiger partial charge on any atom is 0.324 e. The number of carboxylic acid groups (broad SMARTS) is 1. The summed E-state index contributed by atoms with van der Waals surface area (Å²) in [5, 5.41) is 9.60. The van der Waals surface area contributed by atoms with Crippen LogP contribution in [0.25, 0.3) is 0 Å². The minimum absolute atomic E-state index is 0.00261. The Morgan fingerprint density at radius 3 is 1.91 bits per heavy atom. The fourth-order valence-corrected chi connectivity index (χ4v) is 4.04. The number of esters is 2. The van der Waals surface area contributed by atoms with Crippen molar-refractivity contribution in [3.05, 3.63) is 23.3 Å². The summed E-state index contributed by atoms with van der Waals surface area (Å²) in [5.74, 6) is -2.36. The van der Waals surface area contributed by atoms with E-state index in [9.17, 15) is 19.5 Å². The number of fused-ring (bicyclic) bond motifs is 1. The van der Waals surface area contributed by atoms with E-state index in [1.54, 1.807) is 53.7 Å². The van der Waals surface area contributed by atoms with Crippen molar-refractivity contribution in [1.82, 2.24) is 0 Å². The third-order valence-electron chi connectivity index (χ3n) is 5.17. The van der Waals surface area contributed by atoms with E-state index in [-0.39, 0.29) is 19.3 Å². The molecule has 8 nitrogen and oxygen atoms in total. The van der Waals surface area contributed by atoms with Crippen LogP contribution in [-0.4, -0.2) is 48.4 Å². The number of ether oxygens (including phenoxy) is 4. The van der Waals surface area contributed by atoms with E-state index in [2.05, 4.69) is 0 Å². The lowest BCUT2D eigenvalue weighted by molar-refractivity contribution is -0.187. The van der Waals surface area contributed by atoms with Gasteiger partial charge < -0.3 is 24.1 Å². The van der Waals surface area contributed by atoms with Crippen LogP contribution in [0.15, 0.2) is 12.1 Å². The van der Waals surface area contributed by atoms with Gasteiger partial charge in [0, 0.05) is 11.5 Å². The summed E-state index contributed by atoms with van der Waals surface area (Å²) in [6.07, 6.45) is -0.383. The second-order valence-corrected chi connectivity index (χ2v) is 10.1. The zero-order valence-electron chi connectivity index (χ0n) is 20.2. The topological polar surface area (TPSA) is 108 Å². The number of methoxy groups -OCH3 is 2. The van der Waals surface area contributed by atoms with Gasteiger partial charge in [0.25, 0.3) is 0 Å².